The Morgan fingerprint density at radius 1 is 1.38 bits per heavy atom. The van der Waals surface area contributed by atoms with Crippen molar-refractivity contribution in [2.24, 2.45) is 17.8 Å². The maximum Gasteiger partial charge on any atom is 0.228 e. The molecule has 110 valence electrons. The van der Waals surface area contributed by atoms with Gasteiger partial charge in [0.1, 0.15) is 5.82 Å². The number of fused-ring (bicyclic) bond motifs is 1. The number of benzene rings is 1. The lowest BCUT2D eigenvalue weighted by molar-refractivity contribution is -0.118. The highest BCUT2D eigenvalue weighted by Gasteiger charge is 2.56. The predicted octanol–water partition coefficient (Wildman–Crippen LogP) is 2.54. The Balaban J connectivity index is 1.73. The van der Waals surface area contributed by atoms with Crippen molar-refractivity contribution < 1.29 is 14.3 Å². The standard InChI is InChI=1S/C17H18FNO2/c18-12-7-8-15(11(10-12)4-1-2-9-20)19-17(21)16-13-5-3-6-14(13)16/h7-8,10,13-14,16,20H,2-3,5-6,9H2,(H,19,21). The first-order chi connectivity index (χ1) is 10.2. The summed E-state index contributed by atoms with van der Waals surface area (Å²) >= 11 is 0. The molecule has 2 N–H and O–H groups in total. The van der Waals surface area contributed by atoms with E-state index in [1.165, 1.54) is 18.6 Å². The van der Waals surface area contributed by atoms with Crippen molar-refractivity contribution in [3.05, 3.63) is 29.6 Å². The Bertz CT molecular complexity index is 607. The largest absolute Gasteiger partial charge is 0.395 e. The van der Waals surface area contributed by atoms with Crippen LogP contribution in [-0.2, 0) is 4.79 Å². The monoisotopic (exact) mass is 287 g/mol. The highest BCUT2D eigenvalue weighted by Crippen LogP contribution is 2.57. The van der Waals surface area contributed by atoms with E-state index in [-0.39, 0.29) is 24.2 Å². The Hall–Kier alpha value is -1.86. The number of anilines is 1. The van der Waals surface area contributed by atoms with Gasteiger partial charge >= 0.3 is 0 Å². The van der Waals surface area contributed by atoms with E-state index in [0.717, 1.165) is 12.8 Å². The summed E-state index contributed by atoms with van der Waals surface area (Å²) in [5, 5.41) is 11.6. The van der Waals surface area contributed by atoms with Crippen molar-refractivity contribution in [3.8, 4) is 11.8 Å². The zero-order valence-electron chi connectivity index (χ0n) is 11.7. The maximum absolute atomic E-state index is 13.3. The summed E-state index contributed by atoms with van der Waals surface area (Å²) in [5.74, 6) is 6.44. The van der Waals surface area contributed by atoms with Gasteiger partial charge in [-0.15, -0.1) is 0 Å². The Morgan fingerprint density at radius 2 is 2.14 bits per heavy atom. The van der Waals surface area contributed by atoms with Gasteiger partial charge in [-0.1, -0.05) is 18.3 Å². The number of aliphatic hydroxyl groups is 1. The zero-order valence-corrected chi connectivity index (χ0v) is 11.7. The fourth-order valence-electron chi connectivity index (χ4n) is 3.37. The lowest BCUT2D eigenvalue weighted by Crippen LogP contribution is -2.17. The number of hydrogen-bond acceptors (Lipinski definition) is 2. The molecule has 3 nitrogen and oxygen atoms in total. The van der Waals surface area contributed by atoms with Crippen LogP contribution in [0.3, 0.4) is 0 Å². The van der Waals surface area contributed by atoms with E-state index in [4.69, 9.17) is 5.11 Å². The smallest absolute Gasteiger partial charge is 0.228 e. The number of nitrogens with one attached hydrogen (secondary N) is 1. The molecular formula is C17H18FNO2. The number of amides is 1. The molecule has 2 aliphatic rings. The van der Waals surface area contributed by atoms with E-state index >= 15 is 0 Å². The molecular weight excluding hydrogens is 269 g/mol. The minimum absolute atomic E-state index is 0.0292. The number of rotatable bonds is 3. The van der Waals surface area contributed by atoms with Crippen LogP contribution in [0, 0.1) is 35.4 Å². The van der Waals surface area contributed by atoms with Crippen molar-refractivity contribution in [2.45, 2.75) is 25.7 Å². The highest BCUT2D eigenvalue weighted by molar-refractivity contribution is 5.96. The van der Waals surface area contributed by atoms with E-state index in [1.54, 1.807) is 6.07 Å². The van der Waals surface area contributed by atoms with Gasteiger partial charge in [0.2, 0.25) is 5.91 Å². The third kappa shape index (κ3) is 2.93. The topological polar surface area (TPSA) is 49.3 Å². The molecule has 0 radical (unpaired) electrons. The predicted molar refractivity (Wildman–Crippen MR) is 77.9 cm³/mol. The van der Waals surface area contributed by atoms with Crippen LogP contribution in [0.15, 0.2) is 18.2 Å². The van der Waals surface area contributed by atoms with Crippen LogP contribution in [0.2, 0.25) is 0 Å². The first-order valence-corrected chi connectivity index (χ1v) is 7.41. The minimum atomic E-state index is -0.385. The second kappa shape index (κ2) is 5.87. The molecule has 2 saturated carbocycles. The van der Waals surface area contributed by atoms with Crippen LogP contribution < -0.4 is 5.32 Å². The molecule has 1 aromatic carbocycles. The molecule has 2 atom stereocenters. The third-order valence-electron chi connectivity index (χ3n) is 4.41. The number of carbonyl (C=O) groups excluding carboxylic acids is 1. The summed E-state index contributed by atoms with van der Waals surface area (Å²) in [6.07, 6.45) is 3.86. The molecule has 3 rings (SSSR count). The average Bonchev–Trinajstić information content (AvgIpc) is 2.95. The molecule has 2 unspecified atom stereocenters. The quantitative estimate of drug-likeness (QED) is 0.839. The first kappa shape index (κ1) is 14.1. The summed E-state index contributed by atoms with van der Waals surface area (Å²) in [6.45, 7) is -0.0323. The Kier molecular flexibility index (Phi) is 3.94. The molecule has 1 amide bonds. The van der Waals surface area contributed by atoms with Gasteiger partial charge in [0.15, 0.2) is 0 Å². The molecule has 0 spiro atoms. The molecule has 2 aliphatic carbocycles. The summed E-state index contributed by atoms with van der Waals surface area (Å²) in [6, 6.07) is 4.18. The fraction of sp³-hybridized carbons (Fsp3) is 0.471. The maximum atomic E-state index is 13.3. The number of halogens is 1. The minimum Gasteiger partial charge on any atom is -0.395 e. The average molecular weight is 287 g/mol. The van der Waals surface area contributed by atoms with Gasteiger partial charge in [-0.2, -0.15) is 0 Å². The van der Waals surface area contributed by atoms with Crippen molar-refractivity contribution >= 4 is 11.6 Å². The van der Waals surface area contributed by atoms with E-state index in [1.807, 2.05) is 0 Å². The van der Waals surface area contributed by atoms with Crippen molar-refractivity contribution in [2.75, 3.05) is 11.9 Å². The molecule has 0 aromatic heterocycles. The van der Waals surface area contributed by atoms with E-state index < -0.39 is 0 Å². The summed E-state index contributed by atoms with van der Waals surface area (Å²) in [7, 11) is 0. The number of hydrogen-bond donors (Lipinski definition) is 2. The molecule has 2 fully saturated rings. The summed E-state index contributed by atoms with van der Waals surface area (Å²) in [5.41, 5.74) is 1.01. The second-order valence-corrected chi connectivity index (χ2v) is 5.74. The lowest BCUT2D eigenvalue weighted by atomic mass is 10.1. The van der Waals surface area contributed by atoms with Gasteiger partial charge in [-0.05, 0) is 42.9 Å². The summed E-state index contributed by atoms with van der Waals surface area (Å²) < 4.78 is 13.3. The van der Waals surface area contributed by atoms with Gasteiger partial charge in [0.05, 0.1) is 17.9 Å². The fourth-order valence-corrected chi connectivity index (χ4v) is 3.37. The van der Waals surface area contributed by atoms with Crippen molar-refractivity contribution in [1.82, 2.24) is 0 Å². The van der Waals surface area contributed by atoms with Crippen molar-refractivity contribution in [1.29, 1.82) is 0 Å². The van der Waals surface area contributed by atoms with Gasteiger partial charge < -0.3 is 10.4 Å². The number of aliphatic hydroxyl groups excluding tert-OH is 1. The van der Waals surface area contributed by atoms with E-state index in [9.17, 15) is 9.18 Å². The number of carbonyl (C=O) groups is 1. The molecule has 0 saturated heterocycles. The van der Waals surface area contributed by atoms with Gasteiger partial charge in [-0.3, -0.25) is 4.79 Å². The molecule has 0 heterocycles. The van der Waals surface area contributed by atoms with Gasteiger partial charge in [0, 0.05) is 12.3 Å². The Morgan fingerprint density at radius 3 is 2.86 bits per heavy atom. The molecule has 21 heavy (non-hydrogen) atoms. The second-order valence-electron chi connectivity index (χ2n) is 5.74. The van der Waals surface area contributed by atoms with Crippen LogP contribution in [0.25, 0.3) is 0 Å². The highest BCUT2D eigenvalue weighted by atomic mass is 19.1. The van der Waals surface area contributed by atoms with Crippen LogP contribution in [0.1, 0.15) is 31.2 Å². The summed E-state index contributed by atoms with van der Waals surface area (Å²) in [4.78, 5) is 12.3. The van der Waals surface area contributed by atoms with Gasteiger partial charge in [-0.25, -0.2) is 4.39 Å². The van der Waals surface area contributed by atoms with Gasteiger partial charge in [0.25, 0.3) is 0 Å². The van der Waals surface area contributed by atoms with Crippen LogP contribution in [-0.4, -0.2) is 17.6 Å². The first-order valence-electron chi connectivity index (χ1n) is 7.41. The SMILES string of the molecule is O=C(Nc1ccc(F)cc1C#CCCO)C1C2CCCC21. The normalized spacial score (nSPS) is 25.7. The van der Waals surface area contributed by atoms with Crippen LogP contribution >= 0.6 is 0 Å². The third-order valence-corrected chi connectivity index (χ3v) is 4.41. The Labute approximate surface area is 123 Å². The van der Waals surface area contributed by atoms with E-state index in [0.29, 0.717) is 29.5 Å². The zero-order chi connectivity index (χ0) is 14.8. The molecule has 4 heteroatoms. The molecule has 1 aromatic rings. The lowest BCUT2D eigenvalue weighted by Gasteiger charge is -2.09. The van der Waals surface area contributed by atoms with Crippen molar-refractivity contribution in [3.63, 3.8) is 0 Å². The van der Waals surface area contributed by atoms with E-state index in [2.05, 4.69) is 17.2 Å². The molecule has 0 bridgehead atoms. The van der Waals surface area contributed by atoms with Crippen LogP contribution in [0.4, 0.5) is 10.1 Å². The van der Waals surface area contributed by atoms with Crippen LogP contribution in [0.5, 0.6) is 0 Å². The molecule has 0 aliphatic heterocycles.